The highest BCUT2D eigenvalue weighted by Crippen LogP contribution is 2.40. The summed E-state index contributed by atoms with van der Waals surface area (Å²) in [6.45, 7) is 19.7. The number of ether oxygens (including phenoxy) is 1. The van der Waals surface area contributed by atoms with Crippen molar-refractivity contribution < 1.29 is 14.0 Å². The third-order valence-corrected chi connectivity index (χ3v) is 8.05. The van der Waals surface area contributed by atoms with Gasteiger partial charge in [-0.3, -0.25) is 4.90 Å². The summed E-state index contributed by atoms with van der Waals surface area (Å²) in [5.74, 6) is 0.780. The first-order chi connectivity index (χ1) is 16.5. The predicted molar refractivity (Wildman–Crippen MR) is 140 cm³/mol. The van der Waals surface area contributed by atoms with Crippen molar-refractivity contribution in [3.8, 4) is 0 Å². The van der Waals surface area contributed by atoms with Crippen molar-refractivity contribution in [3.63, 3.8) is 0 Å². The van der Waals surface area contributed by atoms with Gasteiger partial charge in [0.15, 0.2) is 0 Å². The van der Waals surface area contributed by atoms with Crippen LogP contribution >= 0.6 is 0 Å². The molecule has 188 valence electrons. The third-order valence-electron chi connectivity index (χ3n) is 8.05. The van der Waals surface area contributed by atoms with Gasteiger partial charge < -0.3 is 29.2 Å². The average molecular weight is 479 g/mol. The summed E-state index contributed by atoms with van der Waals surface area (Å²) >= 11 is 0. The Kier molecular flexibility index (Phi) is 6.24. The topological polar surface area (TPSA) is 62.3 Å². The van der Waals surface area contributed by atoms with Gasteiger partial charge in [0.2, 0.25) is 0 Å². The Hall–Kier alpha value is -2.33. The number of nitrogens with one attached hydrogen (secondary N) is 1. The highest BCUT2D eigenvalue weighted by Gasteiger charge is 2.52. The number of hydrogen-bond acceptors (Lipinski definition) is 8. The molecule has 5 heterocycles. The van der Waals surface area contributed by atoms with Crippen molar-refractivity contribution in [2.45, 2.75) is 57.9 Å². The Labute approximate surface area is 209 Å². The summed E-state index contributed by atoms with van der Waals surface area (Å²) in [7, 11) is 1.55. The molecule has 0 bridgehead atoms. The van der Waals surface area contributed by atoms with Crippen molar-refractivity contribution in [1.29, 1.82) is 0 Å². The van der Waals surface area contributed by atoms with Gasteiger partial charge in [0.1, 0.15) is 5.82 Å². The van der Waals surface area contributed by atoms with Crippen LogP contribution in [-0.4, -0.2) is 85.1 Å². The van der Waals surface area contributed by atoms with Crippen molar-refractivity contribution >= 4 is 18.6 Å². The molecule has 1 aromatic heterocycles. The fourth-order valence-electron chi connectivity index (χ4n) is 4.90. The molecule has 4 aliphatic rings. The van der Waals surface area contributed by atoms with Gasteiger partial charge in [0.05, 0.1) is 53.7 Å². The summed E-state index contributed by atoms with van der Waals surface area (Å²) < 4.78 is 17.9. The molecule has 0 spiro atoms. The maximum Gasteiger partial charge on any atom is 0.496 e. The standard InChI is InChI=1S/C26H38BN5O3/c1-18-14-31(22-16-33-17-22)10-11-32(18)21-8-9-24(28-13-21)29-23-12-20(15-30(7)19(23)2)27-34-25(3,4)26(5,6)35-27/h8-9,12-13,15,18,22H,2,10-11,14,16-17H2,1,3-7H3,(H,28,29)/t18-/m0/s1. The van der Waals surface area contributed by atoms with E-state index in [0.29, 0.717) is 12.1 Å². The van der Waals surface area contributed by atoms with Gasteiger partial charge in [-0.25, -0.2) is 4.98 Å². The lowest BCUT2D eigenvalue weighted by Gasteiger charge is -2.46. The average Bonchev–Trinajstić information content (AvgIpc) is 2.98. The van der Waals surface area contributed by atoms with E-state index in [2.05, 4.69) is 62.4 Å². The maximum absolute atomic E-state index is 6.26. The van der Waals surface area contributed by atoms with Crippen LogP contribution in [0.25, 0.3) is 0 Å². The first-order valence-corrected chi connectivity index (χ1v) is 12.6. The van der Waals surface area contributed by atoms with Crippen LogP contribution < -0.4 is 10.2 Å². The van der Waals surface area contributed by atoms with Gasteiger partial charge in [-0.2, -0.15) is 0 Å². The fraction of sp³-hybridized carbons (Fsp3) is 0.577. The summed E-state index contributed by atoms with van der Waals surface area (Å²) in [5.41, 5.74) is 3.06. The minimum atomic E-state index is -0.436. The number of allylic oxidation sites excluding steroid dienone is 2. The molecule has 0 aliphatic carbocycles. The van der Waals surface area contributed by atoms with Crippen molar-refractivity contribution in [2.24, 2.45) is 0 Å². The Morgan fingerprint density at radius 1 is 1.11 bits per heavy atom. The van der Waals surface area contributed by atoms with Crippen LogP contribution in [0, 0.1) is 0 Å². The van der Waals surface area contributed by atoms with E-state index in [4.69, 9.17) is 19.0 Å². The van der Waals surface area contributed by atoms with Crippen molar-refractivity contribution in [1.82, 2.24) is 14.8 Å². The number of pyridine rings is 1. The molecule has 9 heteroatoms. The molecule has 8 nitrogen and oxygen atoms in total. The second kappa shape index (κ2) is 8.96. The molecule has 1 atom stereocenters. The first-order valence-electron chi connectivity index (χ1n) is 12.6. The second-order valence-corrected chi connectivity index (χ2v) is 11.1. The molecule has 3 saturated heterocycles. The normalized spacial score (nSPS) is 27.0. The van der Waals surface area contributed by atoms with Crippen LogP contribution in [0.2, 0.25) is 0 Å². The lowest BCUT2D eigenvalue weighted by Crippen LogP contribution is -2.59. The quantitative estimate of drug-likeness (QED) is 0.646. The van der Waals surface area contributed by atoms with E-state index in [1.54, 1.807) is 0 Å². The monoisotopic (exact) mass is 479 g/mol. The van der Waals surface area contributed by atoms with E-state index in [1.807, 2.05) is 36.5 Å². The first kappa shape index (κ1) is 24.4. The number of likely N-dealkylation sites (N-methyl/N-ethyl adjacent to an activating group) is 1. The van der Waals surface area contributed by atoms with Crippen LogP contribution in [0.15, 0.2) is 54.1 Å². The van der Waals surface area contributed by atoms with Gasteiger partial charge in [0, 0.05) is 44.4 Å². The number of hydrogen-bond donors (Lipinski definition) is 1. The molecular formula is C26H38BN5O3. The third kappa shape index (κ3) is 4.62. The Balaban J connectivity index is 1.26. The molecule has 4 aliphatic heterocycles. The zero-order valence-corrected chi connectivity index (χ0v) is 21.9. The zero-order chi connectivity index (χ0) is 25.0. The largest absolute Gasteiger partial charge is 0.496 e. The van der Waals surface area contributed by atoms with Crippen LogP contribution in [0.1, 0.15) is 34.6 Å². The minimum Gasteiger partial charge on any atom is -0.399 e. The lowest BCUT2D eigenvalue weighted by molar-refractivity contribution is -0.0691. The van der Waals surface area contributed by atoms with E-state index in [0.717, 1.165) is 61.2 Å². The highest BCUT2D eigenvalue weighted by molar-refractivity contribution is 6.55. The minimum absolute atomic E-state index is 0.390. The number of piperazine rings is 1. The molecule has 1 N–H and O–H groups in total. The van der Waals surface area contributed by atoms with Crippen LogP contribution in [0.5, 0.6) is 0 Å². The number of nitrogens with zero attached hydrogens (tertiary/aromatic N) is 4. The molecule has 0 saturated carbocycles. The zero-order valence-electron chi connectivity index (χ0n) is 21.9. The SMILES string of the molecule is C=C1C(Nc2ccc(N3CCN(C4COC4)C[C@@H]3C)cn2)=CC(B2OC(C)(C)C(C)(C)O2)=CN1C. The maximum atomic E-state index is 6.26. The van der Waals surface area contributed by atoms with E-state index in [9.17, 15) is 0 Å². The van der Waals surface area contributed by atoms with Gasteiger partial charge in [0.25, 0.3) is 0 Å². The van der Waals surface area contributed by atoms with Crippen molar-refractivity contribution in [2.75, 3.05) is 50.1 Å². The highest BCUT2D eigenvalue weighted by atomic mass is 16.7. The van der Waals surface area contributed by atoms with Crippen LogP contribution in [0.3, 0.4) is 0 Å². The summed E-state index contributed by atoms with van der Waals surface area (Å²) in [4.78, 5) is 11.7. The van der Waals surface area contributed by atoms with Crippen molar-refractivity contribution in [3.05, 3.63) is 54.1 Å². The Bertz CT molecular complexity index is 1020. The summed E-state index contributed by atoms with van der Waals surface area (Å²) in [5, 5.41) is 3.45. The number of anilines is 2. The predicted octanol–water partition coefficient (Wildman–Crippen LogP) is 3.26. The number of rotatable bonds is 5. The fourth-order valence-corrected chi connectivity index (χ4v) is 4.90. The summed E-state index contributed by atoms with van der Waals surface area (Å²) in [6, 6.07) is 5.21. The van der Waals surface area contributed by atoms with Crippen LogP contribution in [-0.2, 0) is 14.0 Å². The van der Waals surface area contributed by atoms with Gasteiger partial charge >= 0.3 is 7.12 Å². The lowest BCUT2D eigenvalue weighted by atomic mass is 9.77. The van der Waals surface area contributed by atoms with Crippen LogP contribution in [0.4, 0.5) is 11.5 Å². The van der Waals surface area contributed by atoms with Gasteiger partial charge in [-0.05, 0) is 52.8 Å². The molecular weight excluding hydrogens is 441 g/mol. The molecule has 5 rings (SSSR count). The van der Waals surface area contributed by atoms with Gasteiger partial charge in [-0.15, -0.1) is 0 Å². The molecule has 0 radical (unpaired) electrons. The molecule has 1 aromatic rings. The molecule has 35 heavy (non-hydrogen) atoms. The van der Waals surface area contributed by atoms with E-state index in [-0.39, 0.29) is 0 Å². The Morgan fingerprint density at radius 3 is 2.40 bits per heavy atom. The molecule has 0 aromatic carbocycles. The molecule has 0 unspecified atom stereocenters. The van der Waals surface area contributed by atoms with Gasteiger partial charge in [-0.1, -0.05) is 6.58 Å². The molecule has 3 fully saturated rings. The summed E-state index contributed by atoms with van der Waals surface area (Å²) in [6.07, 6.45) is 6.02. The number of aromatic nitrogens is 1. The van der Waals surface area contributed by atoms with E-state index in [1.165, 1.54) is 0 Å². The smallest absolute Gasteiger partial charge is 0.399 e. The van der Waals surface area contributed by atoms with E-state index < -0.39 is 18.3 Å². The molecule has 0 amide bonds. The Morgan fingerprint density at radius 2 is 1.83 bits per heavy atom. The second-order valence-electron chi connectivity index (χ2n) is 11.1. The van der Waals surface area contributed by atoms with E-state index >= 15 is 0 Å².